The van der Waals surface area contributed by atoms with Crippen molar-refractivity contribution in [3.63, 3.8) is 0 Å². The molecule has 0 aliphatic rings. The van der Waals surface area contributed by atoms with Gasteiger partial charge in [0, 0.05) is 18.5 Å². The number of rotatable bonds is 6. The number of sulfonamides is 1. The first-order chi connectivity index (χ1) is 8.92. The highest BCUT2D eigenvalue weighted by atomic mass is 32.2. The quantitative estimate of drug-likeness (QED) is 0.488. The fraction of sp³-hybridized carbons (Fsp3) is 0.333. The lowest BCUT2D eigenvalue weighted by atomic mass is 10.2. The summed E-state index contributed by atoms with van der Waals surface area (Å²) in [6.45, 7) is 1.78. The number of nitrogens with zero attached hydrogens (tertiary/aromatic N) is 1. The van der Waals surface area contributed by atoms with Gasteiger partial charge in [-0.05, 0) is 12.5 Å². The van der Waals surface area contributed by atoms with E-state index in [1.54, 1.807) is 6.92 Å². The van der Waals surface area contributed by atoms with Crippen molar-refractivity contribution in [3.05, 3.63) is 34.4 Å². The Morgan fingerprint density at radius 2 is 2.11 bits per heavy atom. The van der Waals surface area contributed by atoms with Crippen LogP contribution in [-0.4, -0.2) is 19.4 Å². The van der Waals surface area contributed by atoms with Gasteiger partial charge in [0.25, 0.3) is 5.69 Å². The summed E-state index contributed by atoms with van der Waals surface area (Å²) in [6, 6.07) is 4.76. The smallest absolute Gasteiger partial charge is 0.258 e. The predicted molar refractivity (Wildman–Crippen MR) is 70.9 cm³/mol. The Morgan fingerprint density at radius 3 is 2.63 bits per heavy atom. The minimum Gasteiger partial charge on any atom is -0.258 e. The molecule has 0 amide bonds. The largest absolute Gasteiger partial charge is 0.289 e. The molecular weight excluding hydrogens is 268 g/mol. The second-order valence-electron chi connectivity index (χ2n) is 3.86. The van der Waals surface area contributed by atoms with Crippen LogP contribution in [0.5, 0.6) is 0 Å². The molecule has 7 heteroatoms. The molecule has 0 aliphatic carbocycles. The second kappa shape index (κ2) is 6.31. The molecule has 19 heavy (non-hydrogen) atoms. The lowest BCUT2D eigenvalue weighted by Gasteiger charge is -2.14. The van der Waals surface area contributed by atoms with Gasteiger partial charge in [0.05, 0.1) is 4.92 Å². The van der Waals surface area contributed by atoms with Gasteiger partial charge in [-0.3, -0.25) is 10.1 Å². The Hall–Kier alpha value is -1.91. The molecule has 0 aromatic heterocycles. The highest BCUT2D eigenvalue weighted by Crippen LogP contribution is 2.23. The van der Waals surface area contributed by atoms with E-state index in [9.17, 15) is 18.5 Å². The minimum atomic E-state index is -3.96. The summed E-state index contributed by atoms with van der Waals surface area (Å²) in [5, 5.41) is 10.8. The standard InChI is InChI=1S/C12H14N2O4S/c1-3-7-10(4-2)13-19(17,18)12-9-6-5-8-11(12)14(15)16/h1,5-6,8-10,13H,4,7H2,2H3. The molecule has 0 radical (unpaired) electrons. The fourth-order valence-electron chi connectivity index (χ4n) is 1.53. The topological polar surface area (TPSA) is 89.3 Å². The number of benzene rings is 1. The van der Waals surface area contributed by atoms with Gasteiger partial charge in [-0.15, -0.1) is 12.3 Å². The number of hydrogen-bond acceptors (Lipinski definition) is 4. The van der Waals surface area contributed by atoms with Gasteiger partial charge in [-0.1, -0.05) is 19.1 Å². The third-order valence-corrected chi connectivity index (χ3v) is 4.10. The first-order valence-electron chi connectivity index (χ1n) is 5.61. The van der Waals surface area contributed by atoms with E-state index in [0.29, 0.717) is 6.42 Å². The molecule has 0 saturated heterocycles. The molecule has 1 aromatic carbocycles. The monoisotopic (exact) mass is 282 g/mol. The van der Waals surface area contributed by atoms with Gasteiger partial charge in [0.15, 0.2) is 4.90 Å². The third-order valence-electron chi connectivity index (χ3n) is 2.53. The molecule has 0 saturated carbocycles. The highest BCUT2D eigenvalue weighted by molar-refractivity contribution is 7.89. The maximum Gasteiger partial charge on any atom is 0.289 e. The summed E-state index contributed by atoms with van der Waals surface area (Å²) in [4.78, 5) is 9.75. The first-order valence-corrected chi connectivity index (χ1v) is 7.10. The summed E-state index contributed by atoms with van der Waals surface area (Å²) in [5.74, 6) is 2.37. The maximum atomic E-state index is 12.1. The number of nitro groups is 1. The summed E-state index contributed by atoms with van der Waals surface area (Å²) in [5.41, 5.74) is -0.453. The Balaban J connectivity index is 3.14. The molecule has 6 nitrogen and oxygen atoms in total. The number of terminal acetylenes is 1. The van der Waals surface area contributed by atoms with Crippen LogP contribution in [0, 0.1) is 22.5 Å². The van der Waals surface area contributed by atoms with Crippen LogP contribution in [0.2, 0.25) is 0 Å². The van der Waals surface area contributed by atoms with Gasteiger partial charge in [-0.25, -0.2) is 13.1 Å². The highest BCUT2D eigenvalue weighted by Gasteiger charge is 2.26. The van der Waals surface area contributed by atoms with Crippen molar-refractivity contribution in [2.24, 2.45) is 0 Å². The zero-order chi connectivity index (χ0) is 14.5. The van der Waals surface area contributed by atoms with Crippen molar-refractivity contribution in [2.75, 3.05) is 0 Å². The van der Waals surface area contributed by atoms with E-state index in [1.165, 1.54) is 18.2 Å². The van der Waals surface area contributed by atoms with Crippen LogP contribution >= 0.6 is 0 Å². The van der Waals surface area contributed by atoms with Crippen LogP contribution in [0.4, 0.5) is 5.69 Å². The van der Waals surface area contributed by atoms with Gasteiger partial charge < -0.3 is 0 Å². The van der Waals surface area contributed by atoms with E-state index < -0.39 is 26.7 Å². The van der Waals surface area contributed by atoms with Gasteiger partial charge in [-0.2, -0.15) is 0 Å². The average molecular weight is 282 g/mol. The minimum absolute atomic E-state index is 0.233. The molecule has 1 aromatic rings. The number of hydrogen-bond donors (Lipinski definition) is 1. The zero-order valence-corrected chi connectivity index (χ0v) is 11.2. The lowest BCUT2D eigenvalue weighted by molar-refractivity contribution is -0.387. The van der Waals surface area contributed by atoms with Crippen molar-refractivity contribution in [3.8, 4) is 12.3 Å². The molecule has 0 fully saturated rings. The molecule has 102 valence electrons. The van der Waals surface area contributed by atoms with E-state index in [0.717, 1.165) is 6.07 Å². The van der Waals surface area contributed by atoms with Crippen molar-refractivity contribution < 1.29 is 13.3 Å². The van der Waals surface area contributed by atoms with Crippen molar-refractivity contribution >= 4 is 15.7 Å². The van der Waals surface area contributed by atoms with E-state index in [-0.39, 0.29) is 11.3 Å². The van der Waals surface area contributed by atoms with Crippen LogP contribution in [0.15, 0.2) is 29.2 Å². The Bertz CT molecular complexity index is 604. The number of nitrogens with one attached hydrogen (secondary N) is 1. The van der Waals surface area contributed by atoms with Crippen molar-refractivity contribution in [1.29, 1.82) is 0 Å². The lowest BCUT2D eigenvalue weighted by Crippen LogP contribution is -2.34. The van der Waals surface area contributed by atoms with Crippen LogP contribution in [0.3, 0.4) is 0 Å². The molecule has 1 N–H and O–H groups in total. The molecule has 1 atom stereocenters. The van der Waals surface area contributed by atoms with Crippen LogP contribution < -0.4 is 4.72 Å². The molecule has 0 spiro atoms. The summed E-state index contributed by atoms with van der Waals surface area (Å²) in [7, 11) is -3.96. The fourth-order valence-corrected chi connectivity index (χ4v) is 3.02. The zero-order valence-electron chi connectivity index (χ0n) is 10.4. The average Bonchev–Trinajstić information content (AvgIpc) is 2.38. The Labute approximate surface area is 112 Å². The number of para-hydroxylation sites is 1. The molecule has 0 bridgehead atoms. The molecule has 1 rings (SSSR count). The first kappa shape index (κ1) is 15.1. The summed E-state index contributed by atoms with van der Waals surface area (Å²) < 4.78 is 26.6. The van der Waals surface area contributed by atoms with Crippen LogP contribution in [-0.2, 0) is 10.0 Å². The maximum absolute atomic E-state index is 12.1. The van der Waals surface area contributed by atoms with E-state index in [2.05, 4.69) is 10.6 Å². The van der Waals surface area contributed by atoms with E-state index in [4.69, 9.17) is 6.42 Å². The Kier molecular flexibility index (Phi) is 5.03. The number of nitro benzene ring substituents is 1. The Morgan fingerprint density at radius 1 is 1.47 bits per heavy atom. The van der Waals surface area contributed by atoms with E-state index >= 15 is 0 Å². The second-order valence-corrected chi connectivity index (χ2v) is 5.54. The summed E-state index contributed by atoms with van der Waals surface area (Å²) >= 11 is 0. The summed E-state index contributed by atoms with van der Waals surface area (Å²) in [6.07, 6.45) is 5.88. The van der Waals surface area contributed by atoms with Gasteiger partial charge in [0.2, 0.25) is 10.0 Å². The van der Waals surface area contributed by atoms with Crippen LogP contribution in [0.25, 0.3) is 0 Å². The van der Waals surface area contributed by atoms with E-state index in [1.807, 2.05) is 0 Å². The van der Waals surface area contributed by atoms with Crippen molar-refractivity contribution in [2.45, 2.75) is 30.7 Å². The predicted octanol–water partition coefficient (Wildman–Crippen LogP) is 1.68. The van der Waals surface area contributed by atoms with Gasteiger partial charge >= 0.3 is 0 Å². The van der Waals surface area contributed by atoms with Crippen LogP contribution in [0.1, 0.15) is 19.8 Å². The molecule has 1 unspecified atom stereocenters. The SMILES string of the molecule is C#CCC(CC)NS(=O)(=O)c1ccccc1[N+](=O)[O-]. The molecular formula is C12H14N2O4S. The molecule has 0 heterocycles. The third kappa shape index (κ3) is 3.77. The van der Waals surface area contributed by atoms with Crippen molar-refractivity contribution in [1.82, 2.24) is 4.72 Å². The molecule has 0 aliphatic heterocycles. The van der Waals surface area contributed by atoms with Gasteiger partial charge in [0.1, 0.15) is 0 Å². The normalized spacial score (nSPS) is 12.6.